The number of H-pyrrole nitrogens is 1. The molecule has 0 aliphatic carbocycles. The van der Waals surface area contributed by atoms with Crippen LogP contribution >= 0.6 is 0 Å². The predicted molar refractivity (Wildman–Crippen MR) is 100 cm³/mol. The summed E-state index contributed by atoms with van der Waals surface area (Å²) in [6.45, 7) is 4.58. The van der Waals surface area contributed by atoms with Gasteiger partial charge in [0.25, 0.3) is 0 Å². The summed E-state index contributed by atoms with van der Waals surface area (Å²) >= 11 is 0. The molecule has 6 nitrogen and oxygen atoms in total. The topological polar surface area (TPSA) is 79.0 Å². The first kappa shape index (κ1) is 16.6. The molecule has 0 radical (unpaired) electrons. The SMILES string of the molecule is CC(C)=CCOc1ccc2c(NC(=O)Nc3ccccc3)n[nH]c2c1. The number of hydrogen-bond acceptors (Lipinski definition) is 3. The number of anilines is 2. The highest BCUT2D eigenvalue weighted by molar-refractivity contribution is 6.04. The third kappa shape index (κ3) is 4.38. The number of fused-ring (bicyclic) bond motifs is 1. The first-order valence-corrected chi connectivity index (χ1v) is 7.99. The second-order valence-electron chi connectivity index (χ2n) is 5.82. The molecule has 0 atom stereocenters. The standard InChI is InChI=1S/C19H20N4O2/c1-13(2)10-11-25-15-8-9-16-17(12-15)22-23-18(16)21-19(24)20-14-6-4-3-5-7-14/h3-10,12H,11H2,1-2H3,(H3,20,21,22,23,24). The maximum absolute atomic E-state index is 12.1. The number of benzene rings is 2. The summed E-state index contributed by atoms with van der Waals surface area (Å²) in [5, 5.41) is 13.4. The molecule has 2 aromatic carbocycles. The number of para-hydroxylation sites is 1. The summed E-state index contributed by atoms with van der Waals surface area (Å²) < 4.78 is 5.67. The summed E-state index contributed by atoms with van der Waals surface area (Å²) in [4.78, 5) is 12.1. The van der Waals surface area contributed by atoms with E-state index in [-0.39, 0.29) is 6.03 Å². The third-order valence-corrected chi connectivity index (χ3v) is 3.54. The van der Waals surface area contributed by atoms with Gasteiger partial charge in [0.1, 0.15) is 12.4 Å². The lowest BCUT2D eigenvalue weighted by molar-refractivity contribution is 0.262. The molecular weight excluding hydrogens is 316 g/mol. The first-order valence-electron chi connectivity index (χ1n) is 7.99. The molecule has 0 saturated carbocycles. The van der Waals surface area contributed by atoms with Crippen molar-refractivity contribution in [1.82, 2.24) is 10.2 Å². The van der Waals surface area contributed by atoms with E-state index in [2.05, 4.69) is 20.8 Å². The zero-order valence-corrected chi connectivity index (χ0v) is 14.2. The molecule has 3 aromatic rings. The number of nitrogens with one attached hydrogen (secondary N) is 3. The van der Waals surface area contributed by atoms with Crippen molar-refractivity contribution in [3.05, 3.63) is 60.2 Å². The van der Waals surface area contributed by atoms with Crippen LogP contribution in [0.15, 0.2) is 60.2 Å². The minimum atomic E-state index is -0.344. The van der Waals surface area contributed by atoms with Crippen LogP contribution in [-0.4, -0.2) is 22.8 Å². The molecule has 0 bridgehead atoms. The highest BCUT2D eigenvalue weighted by Gasteiger charge is 2.10. The van der Waals surface area contributed by atoms with E-state index in [9.17, 15) is 4.79 Å². The number of rotatable bonds is 5. The average Bonchev–Trinajstić information content (AvgIpc) is 2.97. The zero-order valence-electron chi connectivity index (χ0n) is 14.2. The fourth-order valence-electron chi connectivity index (χ4n) is 2.28. The Hall–Kier alpha value is -3.28. The Morgan fingerprint density at radius 2 is 1.96 bits per heavy atom. The number of aromatic nitrogens is 2. The average molecular weight is 336 g/mol. The van der Waals surface area contributed by atoms with Gasteiger partial charge < -0.3 is 10.1 Å². The van der Waals surface area contributed by atoms with Crippen molar-refractivity contribution in [2.45, 2.75) is 13.8 Å². The summed E-state index contributed by atoms with van der Waals surface area (Å²) in [6, 6.07) is 14.5. The molecule has 1 aromatic heterocycles. The van der Waals surface area contributed by atoms with Crippen molar-refractivity contribution in [2.24, 2.45) is 0 Å². The van der Waals surface area contributed by atoms with E-state index >= 15 is 0 Å². The summed E-state index contributed by atoms with van der Waals surface area (Å²) in [6.07, 6.45) is 2.01. The quantitative estimate of drug-likeness (QED) is 0.598. The lowest BCUT2D eigenvalue weighted by atomic mass is 10.2. The summed E-state index contributed by atoms with van der Waals surface area (Å²) in [5.74, 6) is 1.22. The van der Waals surface area contributed by atoms with Gasteiger partial charge in [-0.1, -0.05) is 23.8 Å². The lowest BCUT2D eigenvalue weighted by Crippen LogP contribution is -2.19. The van der Waals surface area contributed by atoms with Gasteiger partial charge in [0, 0.05) is 17.1 Å². The van der Waals surface area contributed by atoms with E-state index in [1.54, 1.807) is 0 Å². The van der Waals surface area contributed by atoms with Crippen LogP contribution < -0.4 is 15.4 Å². The number of carbonyl (C=O) groups excluding carboxylic acids is 1. The third-order valence-electron chi connectivity index (χ3n) is 3.54. The Bertz CT molecular complexity index is 896. The molecule has 0 fully saturated rings. The number of hydrogen-bond donors (Lipinski definition) is 3. The minimum absolute atomic E-state index is 0.344. The molecule has 1 heterocycles. The van der Waals surface area contributed by atoms with Crippen LogP contribution in [0.3, 0.4) is 0 Å². The molecule has 0 aliphatic rings. The number of ether oxygens (including phenoxy) is 1. The van der Waals surface area contributed by atoms with Crippen LogP contribution in [-0.2, 0) is 0 Å². The van der Waals surface area contributed by atoms with E-state index in [4.69, 9.17) is 4.74 Å². The van der Waals surface area contributed by atoms with Gasteiger partial charge in [-0.15, -0.1) is 0 Å². The Morgan fingerprint density at radius 3 is 2.72 bits per heavy atom. The van der Waals surface area contributed by atoms with Crippen molar-refractivity contribution in [2.75, 3.05) is 17.2 Å². The Balaban J connectivity index is 1.68. The molecule has 2 amide bonds. The van der Waals surface area contributed by atoms with Gasteiger partial charge >= 0.3 is 6.03 Å². The highest BCUT2D eigenvalue weighted by atomic mass is 16.5. The van der Waals surface area contributed by atoms with Crippen molar-refractivity contribution >= 4 is 28.4 Å². The molecule has 0 unspecified atom stereocenters. The first-order chi connectivity index (χ1) is 12.1. The number of allylic oxidation sites excluding steroid dienone is 1. The normalized spacial score (nSPS) is 10.3. The van der Waals surface area contributed by atoms with E-state index in [1.807, 2.05) is 68.5 Å². The molecular formula is C19H20N4O2. The van der Waals surface area contributed by atoms with Gasteiger partial charge in [0.2, 0.25) is 0 Å². The number of urea groups is 1. The highest BCUT2D eigenvalue weighted by Crippen LogP contribution is 2.25. The van der Waals surface area contributed by atoms with Crippen LogP contribution in [0, 0.1) is 0 Å². The molecule has 128 valence electrons. The lowest BCUT2D eigenvalue weighted by Gasteiger charge is -2.06. The summed E-state index contributed by atoms with van der Waals surface area (Å²) in [5.41, 5.74) is 2.72. The van der Waals surface area contributed by atoms with E-state index in [0.717, 1.165) is 22.3 Å². The van der Waals surface area contributed by atoms with Gasteiger partial charge in [-0.2, -0.15) is 5.10 Å². The van der Waals surface area contributed by atoms with E-state index < -0.39 is 0 Å². The number of aromatic amines is 1. The molecule has 0 spiro atoms. The fraction of sp³-hybridized carbons (Fsp3) is 0.158. The van der Waals surface area contributed by atoms with Crippen LogP contribution in [0.2, 0.25) is 0 Å². The van der Waals surface area contributed by atoms with Gasteiger partial charge in [0.05, 0.1) is 5.52 Å². The van der Waals surface area contributed by atoms with Crippen LogP contribution in [0.5, 0.6) is 5.75 Å². The number of amides is 2. The van der Waals surface area contributed by atoms with Crippen molar-refractivity contribution in [3.8, 4) is 5.75 Å². The van der Waals surface area contributed by atoms with Crippen LogP contribution in [0.1, 0.15) is 13.8 Å². The number of carbonyl (C=O) groups is 1. The van der Waals surface area contributed by atoms with Crippen LogP contribution in [0.4, 0.5) is 16.3 Å². The summed E-state index contributed by atoms with van der Waals surface area (Å²) in [7, 11) is 0. The maximum Gasteiger partial charge on any atom is 0.324 e. The van der Waals surface area contributed by atoms with Crippen molar-refractivity contribution in [3.63, 3.8) is 0 Å². The number of nitrogens with zero attached hydrogens (tertiary/aromatic N) is 1. The second kappa shape index (κ2) is 7.53. The van der Waals surface area contributed by atoms with Gasteiger partial charge in [0.15, 0.2) is 5.82 Å². The Kier molecular flexibility index (Phi) is 4.99. The van der Waals surface area contributed by atoms with Gasteiger partial charge in [-0.25, -0.2) is 4.79 Å². The zero-order chi connectivity index (χ0) is 17.6. The Morgan fingerprint density at radius 1 is 1.16 bits per heavy atom. The van der Waals surface area contributed by atoms with Gasteiger partial charge in [-0.3, -0.25) is 10.4 Å². The largest absolute Gasteiger partial charge is 0.489 e. The molecule has 3 N–H and O–H groups in total. The maximum atomic E-state index is 12.1. The molecule has 3 rings (SSSR count). The smallest absolute Gasteiger partial charge is 0.324 e. The molecule has 0 saturated heterocycles. The predicted octanol–water partition coefficient (Wildman–Crippen LogP) is 4.55. The molecule has 6 heteroatoms. The monoisotopic (exact) mass is 336 g/mol. The van der Waals surface area contributed by atoms with E-state index in [1.165, 1.54) is 5.57 Å². The van der Waals surface area contributed by atoms with Gasteiger partial charge in [-0.05, 0) is 44.2 Å². The van der Waals surface area contributed by atoms with E-state index in [0.29, 0.717) is 12.4 Å². The molecule has 25 heavy (non-hydrogen) atoms. The fourth-order valence-corrected chi connectivity index (χ4v) is 2.28. The minimum Gasteiger partial charge on any atom is -0.489 e. The van der Waals surface area contributed by atoms with Crippen molar-refractivity contribution in [1.29, 1.82) is 0 Å². The van der Waals surface area contributed by atoms with Crippen LogP contribution in [0.25, 0.3) is 10.9 Å². The molecule has 0 aliphatic heterocycles. The van der Waals surface area contributed by atoms with Crippen molar-refractivity contribution < 1.29 is 9.53 Å². The second-order valence-corrected chi connectivity index (χ2v) is 5.82. The Labute approximate surface area is 145 Å².